The second-order valence-electron chi connectivity index (χ2n) is 2.24. The average molecular weight is 307 g/mol. The normalized spacial score (nSPS) is 20.7. The Kier molecular flexibility index (Phi) is 13.2. The average Bonchev–Trinajstić information content (AvgIpc) is 2.12. The van der Waals surface area contributed by atoms with Crippen LogP contribution in [0, 0.1) is 5.92 Å². The van der Waals surface area contributed by atoms with Crippen LogP contribution in [0.2, 0.25) is 0 Å². The standard InChI is InChI=1S/C7H8N.3ClH.Zr/c1-2-7-5-6(1)3-4-8-7;;;;/h1-4,7-8H,5H2;3*1H;/q-1;;;;. The maximum absolute atomic E-state index is 3.22. The molecule has 0 spiro atoms. The number of halogens is 3. The van der Waals surface area contributed by atoms with Gasteiger partial charge < -0.3 is 5.32 Å². The van der Waals surface area contributed by atoms with E-state index >= 15 is 0 Å². The van der Waals surface area contributed by atoms with E-state index in [1.807, 2.05) is 6.20 Å². The zero-order valence-corrected chi connectivity index (χ0v) is 11.2. The number of fused-ring (bicyclic) bond motifs is 2. The molecular formula is C7H11Cl3NZr-. The second kappa shape index (κ2) is 8.50. The summed E-state index contributed by atoms with van der Waals surface area (Å²) in [5, 5.41) is 3.22. The molecular weight excluding hydrogens is 296 g/mol. The van der Waals surface area contributed by atoms with Crippen molar-refractivity contribution < 1.29 is 26.2 Å². The van der Waals surface area contributed by atoms with Gasteiger partial charge in [-0.1, -0.05) is 6.42 Å². The number of rotatable bonds is 0. The monoisotopic (exact) mass is 304 g/mol. The van der Waals surface area contributed by atoms with Crippen LogP contribution in [0.5, 0.6) is 0 Å². The van der Waals surface area contributed by atoms with Gasteiger partial charge in [-0.2, -0.15) is 24.1 Å². The second-order valence-corrected chi connectivity index (χ2v) is 2.24. The summed E-state index contributed by atoms with van der Waals surface area (Å²) in [5.41, 5.74) is 0. The third-order valence-corrected chi connectivity index (χ3v) is 1.61. The fourth-order valence-electron chi connectivity index (χ4n) is 1.15. The van der Waals surface area contributed by atoms with Gasteiger partial charge in [0.2, 0.25) is 0 Å². The van der Waals surface area contributed by atoms with Crippen molar-refractivity contribution in [1.82, 2.24) is 5.32 Å². The van der Waals surface area contributed by atoms with Gasteiger partial charge in [-0.15, -0.1) is 43.4 Å². The molecule has 1 aliphatic carbocycles. The number of hydrogen-bond donors (Lipinski definition) is 1. The van der Waals surface area contributed by atoms with E-state index in [0.717, 1.165) is 0 Å². The van der Waals surface area contributed by atoms with Crippen molar-refractivity contribution in [2.75, 3.05) is 0 Å². The Bertz CT molecular complexity index is 159. The minimum atomic E-state index is 0. The van der Waals surface area contributed by atoms with Crippen LogP contribution in [0.4, 0.5) is 0 Å². The van der Waals surface area contributed by atoms with Gasteiger partial charge >= 0.3 is 0 Å². The van der Waals surface area contributed by atoms with E-state index in [9.17, 15) is 0 Å². The molecule has 2 aliphatic rings. The topological polar surface area (TPSA) is 12.0 Å². The molecule has 0 radical (unpaired) electrons. The fourth-order valence-corrected chi connectivity index (χ4v) is 1.15. The van der Waals surface area contributed by atoms with E-state index in [0.29, 0.717) is 6.04 Å². The summed E-state index contributed by atoms with van der Waals surface area (Å²) in [5.74, 6) is 1.45. The molecule has 0 aromatic rings. The van der Waals surface area contributed by atoms with Crippen molar-refractivity contribution in [3.63, 3.8) is 0 Å². The predicted octanol–water partition coefficient (Wildman–Crippen LogP) is 2.27. The minimum absolute atomic E-state index is 0. The largest absolute Gasteiger partial charge is 0.446 e. The third kappa shape index (κ3) is 4.23. The smallest absolute Gasteiger partial charge is 0 e. The summed E-state index contributed by atoms with van der Waals surface area (Å²) in [6.07, 6.45) is 9.72. The Balaban J connectivity index is -0.000000202. The Morgan fingerprint density at radius 3 is 2.33 bits per heavy atom. The first-order chi connectivity index (χ1) is 3.95. The molecule has 1 heterocycles. The van der Waals surface area contributed by atoms with Crippen LogP contribution in [0.25, 0.3) is 0 Å². The van der Waals surface area contributed by atoms with Crippen LogP contribution in [0.15, 0.2) is 24.4 Å². The zero-order chi connectivity index (χ0) is 5.40. The van der Waals surface area contributed by atoms with Crippen molar-refractivity contribution in [2.24, 2.45) is 0 Å². The molecule has 70 valence electrons. The molecule has 0 saturated carbocycles. The summed E-state index contributed by atoms with van der Waals surface area (Å²) < 4.78 is 0. The van der Waals surface area contributed by atoms with E-state index in [-0.39, 0.29) is 63.4 Å². The van der Waals surface area contributed by atoms with Crippen molar-refractivity contribution in [3.05, 3.63) is 30.3 Å². The molecule has 1 N–H and O–H groups in total. The predicted molar refractivity (Wildman–Crippen MR) is 54.8 cm³/mol. The van der Waals surface area contributed by atoms with Crippen LogP contribution >= 0.6 is 37.2 Å². The first-order valence-corrected chi connectivity index (χ1v) is 2.92. The van der Waals surface area contributed by atoms with Gasteiger partial charge in [0.1, 0.15) is 0 Å². The van der Waals surface area contributed by atoms with E-state index in [4.69, 9.17) is 0 Å². The summed E-state index contributed by atoms with van der Waals surface area (Å²) >= 11 is 0. The molecule has 0 saturated heterocycles. The maximum Gasteiger partial charge on any atom is 0 e. The third-order valence-electron chi connectivity index (χ3n) is 1.61. The maximum atomic E-state index is 3.22. The first-order valence-electron chi connectivity index (χ1n) is 2.92. The number of nitrogens with one attached hydrogen (secondary N) is 1. The summed E-state index contributed by atoms with van der Waals surface area (Å²) in [7, 11) is 0. The molecule has 0 aromatic carbocycles. The molecule has 2 bridgehead atoms. The van der Waals surface area contributed by atoms with Crippen LogP contribution in [-0.4, -0.2) is 6.04 Å². The van der Waals surface area contributed by atoms with Crippen molar-refractivity contribution >= 4 is 37.2 Å². The molecule has 2 rings (SSSR count). The Morgan fingerprint density at radius 1 is 1.17 bits per heavy atom. The van der Waals surface area contributed by atoms with Crippen LogP contribution < -0.4 is 5.32 Å². The van der Waals surface area contributed by atoms with Gasteiger partial charge in [-0.05, 0) is 6.04 Å². The Hall–Kier alpha value is 0.903. The molecule has 0 aromatic heterocycles. The quantitative estimate of drug-likeness (QED) is 0.677. The fraction of sp³-hybridized carbons (Fsp3) is 0.286. The van der Waals surface area contributed by atoms with Gasteiger partial charge in [0.25, 0.3) is 0 Å². The number of allylic oxidation sites excluding steroid dienone is 2. The molecule has 5 heteroatoms. The molecule has 1 atom stereocenters. The molecule has 1 aliphatic heterocycles. The van der Waals surface area contributed by atoms with Gasteiger partial charge in [0, 0.05) is 26.2 Å². The van der Waals surface area contributed by atoms with E-state index in [1.54, 1.807) is 0 Å². The van der Waals surface area contributed by atoms with Crippen LogP contribution in [-0.2, 0) is 26.2 Å². The molecule has 1 unspecified atom stereocenters. The van der Waals surface area contributed by atoms with E-state index in [2.05, 4.69) is 23.5 Å². The summed E-state index contributed by atoms with van der Waals surface area (Å²) in [6, 6.07) is 0.606. The van der Waals surface area contributed by atoms with Crippen LogP contribution in [0.1, 0.15) is 6.42 Å². The van der Waals surface area contributed by atoms with Crippen molar-refractivity contribution in [1.29, 1.82) is 0 Å². The SMILES string of the molecule is C1=C[C-]2C=CC(C2)N1.Cl.Cl.Cl.[Zr]. The van der Waals surface area contributed by atoms with E-state index in [1.165, 1.54) is 12.3 Å². The van der Waals surface area contributed by atoms with Gasteiger partial charge in [0.15, 0.2) is 0 Å². The van der Waals surface area contributed by atoms with Crippen LogP contribution in [0.3, 0.4) is 0 Å². The Labute approximate surface area is 111 Å². The zero-order valence-electron chi connectivity index (χ0n) is 6.32. The molecule has 12 heavy (non-hydrogen) atoms. The minimum Gasteiger partial charge on any atom is -0.446 e. The molecule has 0 amide bonds. The van der Waals surface area contributed by atoms with E-state index < -0.39 is 0 Å². The molecule has 1 nitrogen and oxygen atoms in total. The molecule has 0 fully saturated rings. The first kappa shape index (κ1) is 18.6. The summed E-state index contributed by atoms with van der Waals surface area (Å²) in [6.45, 7) is 0. The van der Waals surface area contributed by atoms with Crippen molar-refractivity contribution in [3.8, 4) is 0 Å². The van der Waals surface area contributed by atoms with Gasteiger partial charge in [-0.25, -0.2) is 0 Å². The number of hydrogen-bond acceptors (Lipinski definition) is 1. The van der Waals surface area contributed by atoms with Gasteiger partial charge in [-0.3, -0.25) is 0 Å². The van der Waals surface area contributed by atoms with Crippen molar-refractivity contribution in [2.45, 2.75) is 12.5 Å². The summed E-state index contributed by atoms with van der Waals surface area (Å²) in [4.78, 5) is 0. The Morgan fingerprint density at radius 2 is 1.83 bits per heavy atom. The van der Waals surface area contributed by atoms with Gasteiger partial charge in [0.05, 0.1) is 0 Å².